The zero-order chi connectivity index (χ0) is 14.2. The van der Waals surface area contributed by atoms with E-state index in [0.717, 1.165) is 6.42 Å². The Morgan fingerprint density at radius 3 is 2.81 bits per heavy atom. The molecule has 2 atom stereocenters. The van der Waals surface area contributed by atoms with Gasteiger partial charge in [-0.15, -0.1) is 0 Å². The molecule has 1 N–H and O–H groups in total. The molecule has 1 fully saturated rings. The maximum atomic E-state index is 3.81. The van der Waals surface area contributed by atoms with Crippen LogP contribution in [0.3, 0.4) is 0 Å². The summed E-state index contributed by atoms with van der Waals surface area (Å²) in [5.74, 6) is 2.45. The smallest absolute Gasteiger partial charge is 0.0414 e. The van der Waals surface area contributed by atoms with Gasteiger partial charge in [0.1, 0.15) is 0 Å². The van der Waals surface area contributed by atoms with Gasteiger partial charge >= 0.3 is 0 Å². The lowest BCUT2D eigenvalue weighted by Crippen LogP contribution is -2.39. The summed E-state index contributed by atoms with van der Waals surface area (Å²) in [7, 11) is 0. The first kappa shape index (κ1) is 13.4. The Morgan fingerprint density at radius 1 is 1.05 bits per heavy atom. The molecule has 1 nitrogen and oxygen atoms in total. The van der Waals surface area contributed by atoms with E-state index in [4.69, 9.17) is 0 Å². The summed E-state index contributed by atoms with van der Waals surface area (Å²) in [6, 6.07) is 17.1. The van der Waals surface area contributed by atoms with Crippen LogP contribution in [-0.4, -0.2) is 17.5 Å². The molecule has 2 aromatic rings. The van der Waals surface area contributed by atoms with Crippen molar-refractivity contribution in [2.45, 2.75) is 31.8 Å². The maximum absolute atomic E-state index is 3.81. The molecule has 2 aliphatic rings. The molecular formula is C19H21NS. The molecule has 0 bridgehead atoms. The Balaban J connectivity index is 1.64. The third-order valence-electron chi connectivity index (χ3n) is 4.75. The van der Waals surface area contributed by atoms with Gasteiger partial charge in [0.2, 0.25) is 0 Å². The number of benzene rings is 2. The molecule has 0 amide bonds. The van der Waals surface area contributed by atoms with Crippen molar-refractivity contribution >= 4 is 11.8 Å². The van der Waals surface area contributed by atoms with E-state index in [-0.39, 0.29) is 0 Å². The maximum Gasteiger partial charge on any atom is 0.0414 e. The lowest BCUT2D eigenvalue weighted by atomic mass is 9.99. The van der Waals surface area contributed by atoms with E-state index in [0.29, 0.717) is 12.1 Å². The normalized spacial score (nSPS) is 23.7. The molecular weight excluding hydrogens is 274 g/mol. The highest BCUT2D eigenvalue weighted by atomic mass is 32.2. The minimum Gasteiger partial charge on any atom is -0.306 e. The Bertz CT molecular complexity index is 664. The van der Waals surface area contributed by atoms with Crippen LogP contribution in [0.15, 0.2) is 42.5 Å². The monoisotopic (exact) mass is 295 g/mol. The van der Waals surface area contributed by atoms with Crippen molar-refractivity contribution in [3.05, 3.63) is 59.2 Å². The molecule has 0 aromatic heterocycles. The van der Waals surface area contributed by atoms with Gasteiger partial charge in [-0.1, -0.05) is 49.4 Å². The number of hydrogen-bond acceptors (Lipinski definition) is 2. The largest absolute Gasteiger partial charge is 0.306 e. The molecule has 2 heteroatoms. The summed E-state index contributed by atoms with van der Waals surface area (Å²) in [5, 5.41) is 3.81. The van der Waals surface area contributed by atoms with Crippen LogP contribution in [0, 0.1) is 0 Å². The van der Waals surface area contributed by atoms with Crippen molar-refractivity contribution in [3.8, 4) is 11.1 Å². The van der Waals surface area contributed by atoms with Crippen molar-refractivity contribution in [2.75, 3.05) is 11.5 Å². The van der Waals surface area contributed by atoms with Crippen LogP contribution < -0.4 is 5.32 Å². The molecule has 4 rings (SSSR count). The van der Waals surface area contributed by atoms with Crippen LogP contribution in [0.2, 0.25) is 0 Å². The molecule has 0 radical (unpaired) electrons. The number of thioether (sulfide) groups is 1. The van der Waals surface area contributed by atoms with Crippen LogP contribution in [0.5, 0.6) is 0 Å². The quantitative estimate of drug-likeness (QED) is 0.751. The highest BCUT2D eigenvalue weighted by Gasteiger charge is 2.24. The first-order valence-electron chi connectivity index (χ1n) is 7.90. The third-order valence-corrected chi connectivity index (χ3v) is 5.96. The van der Waals surface area contributed by atoms with E-state index in [1.54, 1.807) is 0 Å². The summed E-state index contributed by atoms with van der Waals surface area (Å²) in [4.78, 5) is 0. The average molecular weight is 295 g/mol. The van der Waals surface area contributed by atoms with Gasteiger partial charge in [0.25, 0.3) is 0 Å². The van der Waals surface area contributed by atoms with Crippen molar-refractivity contribution in [2.24, 2.45) is 0 Å². The topological polar surface area (TPSA) is 12.0 Å². The second-order valence-electron chi connectivity index (χ2n) is 6.11. The fourth-order valence-corrected chi connectivity index (χ4v) is 4.80. The molecule has 1 saturated heterocycles. The van der Waals surface area contributed by atoms with Gasteiger partial charge in [0.15, 0.2) is 0 Å². The summed E-state index contributed by atoms with van der Waals surface area (Å²) in [6.07, 6.45) is 2.32. The molecule has 0 saturated carbocycles. The predicted molar refractivity (Wildman–Crippen MR) is 92.0 cm³/mol. The molecule has 0 spiro atoms. The van der Waals surface area contributed by atoms with Gasteiger partial charge in [-0.25, -0.2) is 0 Å². The summed E-state index contributed by atoms with van der Waals surface area (Å²) >= 11 is 2.09. The van der Waals surface area contributed by atoms with Crippen LogP contribution in [-0.2, 0) is 6.42 Å². The highest BCUT2D eigenvalue weighted by molar-refractivity contribution is 7.99. The first-order valence-corrected chi connectivity index (χ1v) is 9.05. The molecule has 1 heterocycles. The van der Waals surface area contributed by atoms with E-state index >= 15 is 0 Å². The number of fused-ring (bicyclic) bond motifs is 3. The van der Waals surface area contributed by atoms with Crippen LogP contribution in [0.4, 0.5) is 0 Å². The number of rotatable bonds is 2. The van der Waals surface area contributed by atoms with Crippen molar-refractivity contribution in [3.63, 3.8) is 0 Å². The second kappa shape index (κ2) is 5.51. The fourth-order valence-electron chi connectivity index (χ4n) is 3.52. The molecule has 1 aliphatic heterocycles. The minimum absolute atomic E-state index is 0.516. The summed E-state index contributed by atoms with van der Waals surface area (Å²) in [5.41, 5.74) is 7.30. The van der Waals surface area contributed by atoms with Crippen molar-refractivity contribution in [1.82, 2.24) is 5.32 Å². The van der Waals surface area contributed by atoms with Crippen molar-refractivity contribution in [1.29, 1.82) is 0 Å². The van der Waals surface area contributed by atoms with E-state index < -0.39 is 0 Å². The van der Waals surface area contributed by atoms with Gasteiger partial charge in [0.05, 0.1) is 0 Å². The summed E-state index contributed by atoms with van der Waals surface area (Å²) in [6.45, 7) is 2.28. The Hall–Kier alpha value is -1.25. The highest BCUT2D eigenvalue weighted by Crippen LogP contribution is 2.38. The average Bonchev–Trinajstić information content (AvgIpc) is 2.92. The first-order chi connectivity index (χ1) is 10.3. The van der Waals surface area contributed by atoms with Gasteiger partial charge in [-0.05, 0) is 40.7 Å². The van der Waals surface area contributed by atoms with Crippen LogP contribution >= 0.6 is 11.8 Å². The number of hydrogen-bond donors (Lipinski definition) is 1. The minimum atomic E-state index is 0.516. The Labute approximate surface area is 131 Å². The SMILES string of the molecule is CCC1CSCC(c2ccc3c(c2)Cc2ccccc2-3)N1. The number of nitrogens with one attached hydrogen (secondary N) is 1. The predicted octanol–water partition coefficient (Wildman–Crippen LogP) is 4.41. The van der Waals surface area contributed by atoms with Crippen LogP contribution in [0.1, 0.15) is 36.1 Å². The van der Waals surface area contributed by atoms with E-state index in [1.165, 1.54) is 45.7 Å². The molecule has 2 unspecified atom stereocenters. The fraction of sp³-hybridized carbons (Fsp3) is 0.368. The van der Waals surface area contributed by atoms with E-state index in [2.05, 4.69) is 66.5 Å². The van der Waals surface area contributed by atoms with Gasteiger partial charge in [0, 0.05) is 23.6 Å². The molecule has 108 valence electrons. The standard InChI is InChI=1S/C19H21NS/c1-2-16-11-21-12-19(20-16)14-7-8-18-15(10-14)9-13-5-3-4-6-17(13)18/h3-8,10,16,19-20H,2,9,11-12H2,1H3. The Morgan fingerprint density at radius 2 is 1.90 bits per heavy atom. The third kappa shape index (κ3) is 2.41. The zero-order valence-corrected chi connectivity index (χ0v) is 13.2. The molecule has 1 aliphatic carbocycles. The van der Waals surface area contributed by atoms with Crippen LogP contribution in [0.25, 0.3) is 11.1 Å². The van der Waals surface area contributed by atoms with E-state index in [9.17, 15) is 0 Å². The van der Waals surface area contributed by atoms with Gasteiger partial charge in [-0.3, -0.25) is 0 Å². The summed E-state index contributed by atoms with van der Waals surface area (Å²) < 4.78 is 0. The van der Waals surface area contributed by atoms with Crippen molar-refractivity contribution < 1.29 is 0 Å². The van der Waals surface area contributed by atoms with Gasteiger partial charge in [-0.2, -0.15) is 11.8 Å². The lowest BCUT2D eigenvalue weighted by molar-refractivity contribution is 0.466. The van der Waals surface area contributed by atoms with E-state index in [1.807, 2.05) is 0 Å². The molecule has 2 aromatic carbocycles. The Kier molecular flexibility index (Phi) is 3.52. The molecule has 21 heavy (non-hydrogen) atoms. The lowest BCUT2D eigenvalue weighted by Gasteiger charge is -2.30. The second-order valence-corrected chi connectivity index (χ2v) is 7.19. The zero-order valence-electron chi connectivity index (χ0n) is 12.4. The van der Waals surface area contributed by atoms with Gasteiger partial charge < -0.3 is 5.32 Å².